The molecule has 0 saturated carbocycles. The predicted molar refractivity (Wildman–Crippen MR) is 75.6 cm³/mol. The lowest BCUT2D eigenvalue weighted by molar-refractivity contribution is 0.257. The lowest BCUT2D eigenvalue weighted by atomic mass is 9.99. The van der Waals surface area contributed by atoms with E-state index in [1.54, 1.807) is 0 Å². The number of benzene rings is 2. The largest absolute Gasteiger partial charge is 0.298 e. The smallest absolute Gasteiger partial charge is 0.0236 e. The van der Waals surface area contributed by atoms with Gasteiger partial charge in [0.15, 0.2) is 0 Å². The van der Waals surface area contributed by atoms with Gasteiger partial charge in [-0.1, -0.05) is 54.6 Å². The first-order valence-corrected chi connectivity index (χ1v) is 6.75. The monoisotopic (exact) mass is 237 g/mol. The highest BCUT2D eigenvalue weighted by molar-refractivity contribution is 5.29. The lowest BCUT2D eigenvalue weighted by Gasteiger charge is -2.28. The molecule has 0 bridgehead atoms. The minimum Gasteiger partial charge on any atom is -0.298 e. The summed E-state index contributed by atoms with van der Waals surface area (Å²) in [6, 6.07) is 19.6. The van der Waals surface area contributed by atoms with Crippen molar-refractivity contribution in [1.29, 1.82) is 0 Å². The standard InChI is InChI=1S/C17H19N/c1-2-6-15(7-3-1)10-12-18-13-11-16-8-4-5-9-17(16)14-18/h1-9H,10-14H2. The Hall–Kier alpha value is -1.60. The Morgan fingerprint density at radius 1 is 0.833 bits per heavy atom. The molecule has 0 radical (unpaired) electrons. The maximum atomic E-state index is 2.56. The van der Waals surface area contributed by atoms with E-state index in [0.29, 0.717) is 0 Å². The van der Waals surface area contributed by atoms with Crippen LogP contribution in [-0.4, -0.2) is 18.0 Å². The fourth-order valence-corrected chi connectivity index (χ4v) is 2.68. The molecular formula is C17H19N. The molecule has 0 amide bonds. The summed E-state index contributed by atoms with van der Waals surface area (Å²) in [5, 5.41) is 0. The fraction of sp³-hybridized carbons (Fsp3) is 0.294. The summed E-state index contributed by atoms with van der Waals surface area (Å²) in [4.78, 5) is 2.56. The molecule has 18 heavy (non-hydrogen) atoms. The van der Waals surface area contributed by atoms with E-state index in [2.05, 4.69) is 59.5 Å². The molecule has 1 aliphatic heterocycles. The number of fused-ring (bicyclic) bond motifs is 1. The third-order valence-electron chi connectivity index (χ3n) is 3.77. The molecule has 3 rings (SSSR count). The molecule has 1 aliphatic rings. The maximum absolute atomic E-state index is 2.56. The second-order valence-electron chi connectivity index (χ2n) is 5.03. The van der Waals surface area contributed by atoms with Gasteiger partial charge in [0.2, 0.25) is 0 Å². The average molecular weight is 237 g/mol. The third-order valence-corrected chi connectivity index (χ3v) is 3.77. The molecule has 0 N–H and O–H groups in total. The Morgan fingerprint density at radius 3 is 2.39 bits per heavy atom. The summed E-state index contributed by atoms with van der Waals surface area (Å²) in [6.07, 6.45) is 2.36. The van der Waals surface area contributed by atoms with E-state index in [4.69, 9.17) is 0 Å². The maximum Gasteiger partial charge on any atom is 0.0236 e. The van der Waals surface area contributed by atoms with Crippen LogP contribution in [0.25, 0.3) is 0 Å². The average Bonchev–Trinajstić information content (AvgIpc) is 2.46. The first-order chi connectivity index (χ1) is 8.92. The summed E-state index contributed by atoms with van der Waals surface area (Å²) >= 11 is 0. The van der Waals surface area contributed by atoms with Crippen molar-refractivity contribution < 1.29 is 0 Å². The van der Waals surface area contributed by atoms with Crippen LogP contribution in [0.15, 0.2) is 54.6 Å². The normalized spacial score (nSPS) is 15.3. The van der Waals surface area contributed by atoms with E-state index in [1.807, 2.05) is 0 Å². The van der Waals surface area contributed by atoms with Gasteiger partial charge in [-0.15, -0.1) is 0 Å². The zero-order valence-electron chi connectivity index (χ0n) is 10.7. The van der Waals surface area contributed by atoms with Gasteiger partial charge in [0.25, 0.3) is 0 Å². The molecule has 1 nitrogen and oxygen atoms in total. The molecule has 0 saturated heterocycles. The van der Waals surface area contributed by atoms with Crippen LogP contribution in [0.1, 0.15) is 16.7 Å². The zero-order valence-corrected chi connectivity index (χ0v) is 10.7. The van der Waals surface area contributed by atoms with Crippen LogP contribution in [-0.2, 0) is 19.4 Å². The minimum atomic E-state index is 1.11. The van der Waals surface area contributed by atoms with E-state index in [1.165, 1.54) is 36.2 Å². The van der Waals surface area contributed by atoms with Crippen molar-refractivity contribution in [2.45, 2.75) is 19.4 Å². The molecule has 1 heteroatoms. The van der Waals surface area contributed by atoms with Crippen LogP contribution in [0.3, 0.4) is 0 Å². The Morgan fingerprint density at radius 2 is 1.56 bits per heavy atom. The van der Waals surface area contributed by atoms with Gasteiger partial charge >= 0.3 is 0 Å². The van der Waals surface area contributed by atoms with Gasteiger partial charge in [-0.25, -0.2) is 0 Å². The molecule has 0 aliphatic carbocycles. The molecule has 2 aromatic carbocycles. The van der Waals surface area contributed by atoms with E-state index < -0.39 is 0 Å². The van der Waals surface area contributed by atoms with E-state index in [-0.39, 0.29) is 0 Å². The molecule has 1 heterocycles. The first-order valence-electron chi connectivity index (χ1n) is 6.75. The van der Waals surface area contributed by atoms with Crippen LogP contribution in [0.4, 0.5) is 0 Å². The predicted octanol–water partition coefficient (Wildman–Crippen LogP) is 3.29. The van der Waals surface area contributed by atoms with Crippen LogP contribution >= 0.6 is 0 Å². The third kappa shape index (κ3) is 2.62. The summed E-state index contributed by atoms with van der Waals surface area (Å²) in [6.45, 7) is 3.48. The second kappa shape index (κ2) is 5.36. The van der Waals surface area contributed by atoms with Crippen molar-refractivity contribution in [3.05, 3.63) is 71.3 Å². The van der Waals surface area contributed by atoms with Gasteiger partial charge in [0.1, 0.15) is 0 Å². The van der Waals surface area contributed by atoms with E-state index in [9.17, 15) is 0 Å². The Bertz CT molecular complexity index is 504. The van der Waals surface area contributed by atoms with Gasteiger partial charge < -0.3 is 0 Å². The Balaban J connectivity index is 1.60. The summed E-state index contributed by atoms with van der Waals surface area (Å²) < 4.78 is 0. The van der Waals surface area contributed by atoms with E-state index in [0.717, 1.165) is 13.0 Å². The number of nitrogens with zero attached hydrogens (tertiary/aromatic N) is 1. The van der Waals surface area contributed by atoms with Crippen molar-refractivity contribution in [2.24, 2.45) is 0 Å². The minimum absolute atomic E-state index is 1.11. The Kier molecular flexibility index (Phi) is 3.42. The topological polar surface area (TPSA) is 3.24 Å². The highest BCUT2D eigenvalue weighted by Gasteiger charge is 2.14. The lowest BCUT2D eigenvalue weighted by Crippen LogP contribution is -2.32. The van der Waals surface area contributed by atoms with Gasteiger partial charge in [-0.3, -0.25) is 4.90 Å². The van der Waals surface area contributed by atoms with Crippen LogP contribution in [0.5, 0.6) is 0 Å². The molecule has 0 spiro atoms. The SMILES string of the molecule is c1ccc(CCN2CCc3ccccc3C2)cc1. The van der Waals surface area contributed by atoms with Crippen LogP contribution < -0.4 is 0 Å². The van der Waals surface area contributed by atoms with Crippen molar-refractivity contribution in [3.8, 4) is 0 Å². The quantitative estimate of drug-likeness (QED) is 0.792. The molecule has 92 valence electrons. The summed E-state index contributed by atoms with van der Waals surface area (Å²) in [7, 11) is 0. The van der Waals surface area contributed by atoms with Gasteiger partial charge in [0, 0.05) is 19.6 Å². The highest BCUT2D eigenvalue weighted by Crippen LogP contribution is 2.18. The first kappa shape index (κ1) is 11.5. The zero-order chi connectivity index (χ0) is 12.2. The molecule has 2 aromatic rings. The van der Waals surface area contributed by atoms with Crippen molar-refractivity contribution >= 4 is 0 Å². The molecular weight excluding hydrogens is 218 g/mol. The van der Waals surface area contributed by atoms with Gasteiger partial charge in [-0.05, 0) is 29.5 Å². The molecule has 0 aromatic heterocycles. The van der Waals surface area contributed by atoms with E-state index >= 15 is 0 Å². The van der Waals surface area contributed by atoms with Gasteiger partial charge in [-0.2, -0.15) is 0 Å². The fourth-order valence-electron chi connectivity index (χ4n) is 2.68. The molecule has 0 unspecified atom stereocenters. The van der Waals surface area contributed by atoms with Crippen LogP contribution in [0.2, 0.25) is 0 Å². The van der Waals surface area contributed by atoms with Crippen molar-refractivity contribution in [1.82, 2.24) is 4.90 Å². The number of hydrogen-bond donors (Lipinski definition) is 0. The molecule has 0 fully saturated rings. The van der Waals surface area contributed by atoms with Crippen molar-refractivity contribution in [3.63, 3.8) is 0 Å². The Labute approximate surface area is 109 Å². The van der Waals surface area contributed by atoms with Crippen LogP contribution in [0, 0.1) is 0 Å². The summed E-state index contributed by atoms with van der Waals surface area (Å²) in [5.74, 6) is 0. The number of hydrogen-bond acceptors (Lipinski definition) is 1. The summed E-state index contributed by atoms with van der Waals surface area (Å²) in [5.41, 5.74) is 4.49. The molecule has 0 atom stereocenters. The number of rotatable bonds is 3. The van der Waals surface area contributed by atoms with Crippen molar-refractivity contribution in [2.75, 3.05) is 13.1 Å². The van der Waals surface area contributed by atoms with Gasteiger partial charge in [0.05, 0.1) is 0 Å². The highest BCUT2D eigenvalue weighted by atomic mass is 15.1. The second-order valence-corrected chi connectivity index (χ2v) is 5.03.